The Kier molecular flexibility index (Phi) is 3.38. The number of ketones is 1. The van der Waals surface area contributed by atoms with Crippen molar-refractivity contribution in [2.24, 2.45) is 0 Å². The van der Waals surface area contributed by atoms with E-state index in [1.807, 2.05) is 0 Å². The van der Waals surface area contributed by atoms with Crippen molar-refractivity contribution in [1.82, 2.24) is 0 Å². The molecule has 0 spiro atoms. The first kappa shape index (κ1) is 13.1. The second kappa shape index (κ2) is 4.13. The topological polar surface area (TPSA) is 77.8 Å². The van der Waals surface area contributed by atoms with Crippen LogP contribution in [0.5, 0.6) is 0 Å². The fourth-order valence-corrected chi connectivity index (χ4v) is 1.46. The van der Waals surface area contributed by atoms with Gasteiger partial charge in [0.25, 0.3) is 0 Å². The van der Waals surface area contributed by atoms with Gasteiger partial charge in [0.15, 0.2) is 5.78 Å². The molecule has 0 bridgehead atoms. The quantitative estimate of drug-likeness (QED) is 0.634. The van der Waals surface area contributed by atoms with Gasteiger partial charge >= 0.3 is 0 Å². The molecule has 0 saturated carbocycles. The molecular weight excluding hydrogens is 208 g/mol. The molecule has 0 aliphatic heterocycles. The number of carbonyl (C=O) groups excluding carboxylic acids is 1. The first-order valence-corrected chi connectivity index (χ1v) is 5.20. The predicted octanol–water partition coefficient (Wildman–Crippen LogP) is 0.325. The zero-order valence-electron chi connectivity index (χ0n) is 9.77. The molecule has 0 heterocycles. The number of hydrogen-bond acceptors (Lipinski definition) is 4. The highest BCUT2D eigenvalue weighted by molar-refractivity contribution is 5.98. The number of carbonyl (C=O) groups is 1. The zero-order valence-corrected chi connectivity index (χ0v) is 9.77. The summed E-state index contributed by atoms with van der Waals surface area (Å²) in [6.07, 6.45) is 3.32. The van der Waals surface area contributed by atoms with Crippen molar-refractivity contribution in [1.29, 1.82) is 0 Å². The Morgan fingerprint density at radius 3 is 2.62 bits per heavy atom. The molecule has 0 radical (unpaired) electrons. The summed E-state index contributed by atoms with van der Waals surface area (Å²) < 4.78 is 0. The van der Waals surface area contributed by atoms with Gasteiger partial charge in [-0.2, -0.15) is 0 Å². The number of aliphatic hydroxyl groups excluding tert-OH is 1. The van der Waals surface area contributed by atoms with Crippen LogP contribution >= 0.6 is 0 Å². The molecule has 0 saturated heterocycles. The molecule has 0 unspecified atom stereocenters. The van der Waals surface area contributed by atoms with Crippen LogP contribution in [0.2, 0.25) is 0 Å². The second-order valence-corrected chi connectivity index (χ2v) is 4.99. The minimum absolute atomic E-state index is 0.0200. The molecule has 1 aliphatic rings. The minimum atomic E-state index is -1.49. The largest absolute Gasteiger partial charge is 0.388 e. The third-order valence-corrected chi connectivity index (χ3v) is 2.49. The molecule has 0 fully saturated rings. The van der Waals surface area contributed by atoms with E-state index in [9.17, 15) is 20.1 Å². The lowest BCUT2D eigenvalue weighted by molar-refractivity contribution is -0.134. The molecule has 0 amide bonds. The molecule has 4 nitrogen and oxygen atoms in total. The van der Waals surface area contributed by atoms with Gasteiger partial charge in [0, 0.05) is 6.42 Å². The summed E-state index contributed by atoms with van der Waals surface area (Å²) in [6, 6.07) is 0. The van der Waals surface area contributed by atoms with Crippen LogP contribution in [0.25, 0.3) is 0 Å². The van der Waals surface area contributed by atoms with Gasteiger partial charge in [-0.1, -0.05) is 12.2 Å². The van der Waals surface area contributed by atoms with E-state index in [2.05, 4.69) is 0 Å². The van der Waals surface area contributed by atoms with Gasteiger partial charge in [-0.05, 0) is 32.4 Å². The highest BCUT2D eigenvalue weighted by atomic mass is 16.3. The van der Waals surface area contributed by atoms with Crippen LogP contribution in [0.1, 0.15) is 27.2 Å². The first-order chi connectivity index (χ1) is 7.12. The molecule has 0 aromatic carbocycles. The van der Waals surface area contributed by atoms with Crippen LogP contribution < -0.4 is 0 Å². The van der Waals surface area contributed by atoms with Crippen molar-refractivity contribution in [2.45, 2.75) is 44.5 Å². The third kappa shape index (κ3) is 3.27. The zero-order chi connectivity index (χ0) is 12.6. The van der Waals surface area contributed by atoms with E-state index in [1.165, 1.54) is 25.2 Å². The van der Waals surface area contributed by atoms with Crippen molar-refractivity contribution < 1.29 is 20.1 Å². The fourth-order valence-electron chi connectivity index (χ4n) is 1.46. The number of aliphatic hydroxyl groups is 3. The van der Waals surface area contributed by atoms with E-state index in [1.54, 1.807) is 13.8 Å². The molecule has 1 aliphatic carbocycles. The number of rotatable bonds is 2. The highest BCUT2D eigenvalue weighted by Crippen LogP contribution is 2.26. The van der Waals surface area contributed by atoms with Gasteiger partial charge in [-0.25, -0.2) is 0 Å². The average Bonchev–Trinajstić information content (AvgIpc) is 2.07. The molecule has 90 valence electrons. The van der Waals surface area contributed by atoms with Crippen molar-refractivity contribution in [3.05, 3.63) is 23.8 Å². The molecule has 16 heavy (non-hydrogen) atoms. The number of hydrogen-bond donors (Lipinski definition) is 3. The maximum absolute atomic E-state index is 11.5. The standard InChI is InChI=1S/C12H18O4/c1-11(2,15)5-4-8-6-10(14)12(3,16)7-9(8)13/h4-6,9,13,15-16H,7H2,1-3H3/b5-4+/t9-,12+/m0/s1. The van der Waals surface area contributed by atoms with Gasteiger partial charge in [-0.3, -0.25) is 4.79 Å². The van der Waals surface area contributed by atoms with E-state index in [0.29, 0.717) is 5.57 Å². The molecular formula is C12H18O4. The Balaban J connectivity index is 2.91. The molecule has 0 aromatic rings. The van der Waals surface area contributed by atoms with Gasteiger partial charge < -0.3 is 15.3 Å². The van der Waals surface area contributed by atoms with Crippen LogP contribution in [0, 0.1) is 0 Å². The van der Waals surface area contributed by atoms with Crippen LogP contribution in [-0.2, 0) is 4.79 Å². The second-order valence-electron chi connectivity index (χ2n) is 4.99. The van der Waals surface area contributed by atoms with E-state index in [4.69, 9.17) is 0 Å². The third-order valence-electron chi connectivity index (χ3n) is 2.49. The Labute approximate surface area is 94.9 Å². The molecule has 4 heteroatoms. The normalized spacial score (nSPS) is 32.0. The SMILES string of the molecule is CC(C)(O)/C=C/C1=CC(=O)[C@](C)(O)C[C@@H]1O. The van der Waals surface area contributed by atoms with Crippen LogP contribution in [0.15, 0.2) is 23.8 Å². The molecule has 3 N–H and O–H groups in total. The lowest BCUT2D eigenvalue weighted by atomic mass is 9.83. The highest BCUT2D eigenvalue weighted by Gasteiger charge is 2.36. The summed E-state index contributed by atoms with van der Waals surface area (Å²) in [5.41, 5.74) is -2.08. The Bertz CT molecular complexity index is 345. The molecule has 1 rings (SSSR count). The summed E-state index contributed by atoms with van der Waals surface area (Å²) in [7, 11) is 0. The summed E-state index contributed by atoms with van der Waals surface area (Å²) in [4.78, 5) is 11.5. The summed E-state index contributed by atoms with van der Waals surface area (Å²) in [6.45, 7) is 4.57. The van der Waals surface area contributed by atoms with Gasteiger partial charge in [0.1, 0.15) is 5.60 Å². The van der Waals surface area contributed by atoms with Crippen molar-refractivity contribution >= 4 is 5.78 Å². The van der Waals surface area contributed by atoms with Crippen molar-refractivity contribution in [2.75, 3.05) is 0 Å². The van der Waals surface area contributed by atoms with E-state index >= 15 is 0 Å². The van der Waals surface area contributed by atoms with Gasteiger partial charge in [0.05, 0.1) is 11.7 Å². The van der Waals surface area contributed by atoms with Crippen molar-refractivity contribution in [3.63, 3.8) is 0 Å². The van der Waals surface area contributed by atoms with Gasteiger partial charge in [0.2, 0.25) is 0 Å². The predicted molar refractivity (Wildman–Crippen MR) is 59.8 cm³/mol. The lowest BCUT2D eigenvalue weighted by Gasteiger charge is -2.29. The average molecular weight is 226 g/mol. The molecule has 2 atom stereocenters. The van der Waals surface area contributed by atoms with Crippen LogP contribution in [0.4, 0.5) is 0 Å². The Morgan fingerprint density at radius 2 is 2.12 bits per heavy atom. The Morgan fingerprint density at radius 1 is 1.56 bits per heavy atom. The van der Waals surface area contributed by atoms with E-state index < -0.39 is 23.1 Å². The monoisotopic (exact) mass is 226 g/mol. The Hall–Kier alpha value is -0.970. The van der Waals surface area contributed by atoms with E-state index in [-0.39, 0.29) is 6.42 Å². The lowest BCUT2D eigenvalue weighted by Crippen LogP contribution is -2.41. The minimum Gasteiger partial charge on any atom is -0.388 e. The van der Waals surface area contributed by atoms with E-state index in [0.717, 1.165) is 0 Å². The van der Waals surface area contributed by atoms with Crippen molar-refractivity contribution in [3.8, 4) is 0 Å². The summed E-state index contributed by atoms with van der Waals surface area (Å²) >= 11 is 0. The van der Waals surface area contributed by atoms with Crippen LogP contribution in [0.3, 0.4) is 0 Å². The molecule has 0 aromatic heterocycles. The summed E-state index contributed by atoms with van der Waals surface area (Å²) in [5.74, 6) is -0.423. The maximum Gasteiger partial charge on any atom is 0.187 e. The fraction of sp³-hybridized carbons (Fsp3) is 0.583. The van der Waals surface area contributed by atoms with Crippen LogP contribution in [-0.4, -0.2) is 38.4 Å². The maximum atomic E-state index is 11.5. The smallest absolute Gasteiger partial charge is 0.187 e. The van der Waals surface area contributed by atoms with Gasteiger partial charge in [-0.15, -0.1) is 0 Å². The first-order valence-electron chi connectivity index (χ1n) is 5.20. The summed E-state index contributed by atoms with van der Waals surface area (Å²) in [5, 5.41) is 28.8.